The van der Waals surface area contributed by atoms with E-state index in [2.05, 4.69) is 5.32 Å². The highest BCUT2D eigenvalue weighted by molar-refractivity contribution is 5.17. The van der Waals surface area contributed by atoms with Crippen LogP contribution in [0.4, 0.5) is 4.39 Å². The van der Waals surface area contributed by atoms with Crippen LogP contribution in [0.15, 0.2) is 24.3 Å². The van der Waals surface area contributed by atoms with E-state index in [0.29, 0.717) is 12.0 Å². The Balaban J connectivity index is 1.99. The van der Waals surface area contributed by atoms with Crippen molar-refractivity contribution in [3.8, 4) is 0 Å². The van der Waals surface area contributed by atoms with Gasteiger partial charge in [0.15, 0.2) is 0 Å². The molecule has 0 aromatic heterocycles. The highest BCUT2D eigenvalue weighted by atomic mass is 19.1. The monoisotopic (exact) mass is 223 g/mol. The van der Waals surface area contributed by atoms with Gasteiger partial charge in [0.05, 0.1) is 6.10 Å². The zero-order valence-corrected chi connectivity index (χ0v) is 9.58. The molecule has 1 aliphatic rings. The molecule has 1 aromatic carbocycles. The molecule has 0 bridgehead atoms. The van der Waals surface area contributed by atoms with Crippen molar-refractivity contribution in [1.29, 1.82) is 0 Å². The van der Waals surface area contributed by atoms with Crippen LogP contribution in [-0.2, 0) is 11.2 Å². The molecule has 0 spiro atoms. The summed E-state index contributed by atoms with van der Waals surface area (Å²) in [6.45, 7) is 2.01. The molecule has 2 rings (SSSR count). The molecule has 88 valence electrons. The standard InChI is InChI=1S/C13H18FNO/c1-16-13-6-7-15-9-11(13)8-10-2-4-12(14)5-3-10/h2-5,11,13,15H,6-9H2,1H3/t11-,13-/m1/s1. The molecule has 1 aromatic rings. The predicted octanol–water partition coefficient (Wildman–Crippen LogP) is 1.99. The summed E-state index contributed by atoms with van der Waals surface area (Å²) in [4.78, 5) is 0. The summed E-state index contributed by atoms with van der Waals surface area (Å²) in [6, 6.07) is 6.76. The summed E-state index contributed by atoms with van der Waals surface area (Å²) >= 11 is 0. The molecule has 1 N–H and O–H groups in total. The van der Waals surface area contributed by atoms with Crippen LogP contribution in [0.2, 0.25) is 0 Å². The third-order valence-electron chi connectivity index (χ3n) is 3.25. The minimum atomic E-state index is -0.172. The SMILES string of the molecule is CO[C@@H]1CCNC[C@H]1Cc1ccc(F)cc1. The average molecular weight is 223 g/mol. The Morgan fingerprint density at radius 2 is 2.12 bits per heavy atom. The number of rotatable bonds is 3. The van der Waals surface area contributed by atoms with Gasteiger partial charge in [-0.3, -0.25) is 0 Å². The maximum absolute atomic E-state index is 12.8. The van der Waals surface area contributed by atoms with Gasteiger partial charge in [0, 0.05) is 19.6 Å². The lowest BCUT2D eigenvalue weighted by Gasteiger charge is -2.31. The number of ether oxygens (including phenoxy) is 1. The largest absolute Gasteiger partial charge is 0.381 e. The van der Waals surface area contributed by atoms with Gasteiger partial charge in [-0.1, -0.05) is 12.1 Å². The van der Waals surface area contributed by atoms with Gasteiger partial charge in [-0.25, -0.2) is 4.39 Å². The van der Waals surface area contributed by atoms with Gasteiger partial charge in [-0.2, -0.15) is 0 Å². The molecule has 2 nitrogen and oxygen atoms in total. The van der Waals surface area contributed by atoms with Crippen molar-refractivity contribution in [2.45, 2.75) is 18.9 Å². The van der Waals surface area contributed by atoms with E-state index in [-0.39, 0.29) is 5.82 Å². The van der Waals surface area contributed by atoms with E-state index in [1.807, 2.05) is 12.1 Å². The summed E-state index contributed by atoms with van der Waals surface area (Å²) < 4.78 is 18.3. The number of hydrogen-bond acceptors (Lipinski definition) is 2. The molecule has 0 amide bonds. The number of halogens is 1. The first-order valence-electron chi connectivity index (χ1n) is 5.77. The molecule has 0 saturated carbocycles. The van der Waals surface area contributed by atoms with Gasteiger partial charge >= 0.3 is 0 Å². The van der Waals surface area contributed by atoms with E-state index in [4.69, 9.17) is 4.74 Å². The molecule has 0 radical (unpaired) electrons. The molecular formula is C13H18FNO. The van der Waals surface area contributed by atoms with Gasteiger partial charge in [0.1, 0.15) is 5.82 Å². The van der Waals surface area contributed by atoms with Crippen molar-refractivity contribution in [1.82, 2.24) is 5.32 Å². The summed E-state index contributed by atoms with van der Waals surface area (Å²) in [6.07, 6.45) is 2.33. The second-order valence-electron chi connectivity index (χ2n) is 4.36. The van der Waals surface area contributed by atoms with Gasteiger partial charge in [-0.05, 0) is 37.1 Å². The van der Waals surface area contributed by atoms with Crippen LogP contribution in [0.5, 0.6) is 0 Å². The molecule has 1 heterocycles. The van der Waals surface area contributed by atoms with Crippen LogP contribution in [-0.4, -0.2) is 26.3 Å². The molecular weight excluding hydrogens is 205 g/mol. The van der Waals surface area contributed by atoms with Crippen molar-refractivity contribution in [3.05, 3.63) is 35.6 Å². The normalized spacial score (nSPS) is 25.6. The third kappa shape index (κ3) is 2.80. The molecule has 1 aliphatic heterocycles. The summed E-state index contributed by atoms with van der Waals surface area (Å²) in [5.41, 5.74) is 1.18. The van der Waals surface area contributed by atoms with Crippen LogP contribution < -0.4 is 5.32 Å². The van der Waals surface area contributed by atoms with Crippen LogP contribution in [0.25, 0.3) is 0 Å². The lowest BCUT2D eigenvalue weighted by molar-refractivity contribution is 0.0311. The van der Waals surface area contributed by atoms with Crippen molar-refractivity contribution < 1.29 is 9.13 Å². The first-order valence-corrected chi connectivity index (χ1v) is 5.77. The van der Waals surface area contributed by atoms with Gasteiger partial charge in [-0.15, -0.1) is 0 Å². The summed E-state index contributed by atoms with van der Waals surface area (Å²) in [5, 5.41) is 3.38. The molecule has 0 unspecified atom stereocenters. The van der Waals surface area contributed by atoms with E-state index in [1.165, 1.54) is 17.7 Å². The van der Waals surface area contributed by atoms with Crippen molar-refractivity contribution in [2.24, 2.45) is 5.92 Å². The number of methoxy groups -OCH3 is 1. The molecule has 0 aliphatic carbocycles. The van der Waals surface area contributed by atoms with Gasteiger partial charge < -0.3 is 10.1 Å². The Morgan fingerprint density at radius 3 is 2.81 bits per heavy atom. The Labute approximate surface area is 95.8 Å². The lowest BCUT2D eigenvalue weighted by atomic mass is 9.89. The minimum Gasteiger partial charge on any atom is -0.381 e. The topological polar surface area (TPSA) is 21.3 Å². The Morgan fingerprint density at radius 1 is 1.38 bits per heavy atom. The second kappa shape index (κ2) is 5.41. The molecule has 1 fully saturated rings. The smallest absolute Gasteiger partial charge is 0.123 e. The fourth-order valence-electron chi connectivity index (χ4n) is 2.34. The first kappa shape index (κ1) is 11.6. The highest BCUT2D eigenvalue weighted by Gasteiger charge is 2.24. The van der Waals surface area contributed by atoms with Crippen LogP contribution >= 0.6 is 0 Å². The predicted molar refractivity (Wildman–Crippen MR) is 61.9 cm³/mol. The second-order valence-corrected chi connectivity index (χ2v) is 4.36. The zero-order valence-electron chi connectivity index (χ0n) is 9.58. The van der Waals surface area contributed by atoms with Crippen molar-refractivity contribution in [2.75, 3.05) is 20.2 Å². The highest BCUT2D eigenvalue weighted by Crippen LogP contribution is 2.19. The third-order valence-corrected chi connectivity index (χ3v) is 3.25. The fourth-order valence-corrected chi connectivity index (χ4v) is 2.34. The summed E-state index contributed by atoms with van der Waals surface area (Å²) in [5.74, 6) is 0.318. The summed E-state index contributed by atoms with van der Waals surface area (Å²) in [7, 11) is 1.77. The lowest BCUT2D eigenvalue weighted by Crippen LogP contribution is -2.41. The van der Waals surface area contributed by atoms with Crippen LogP contribution in [0, 0.1) is 11.7 Å². The fraction of sp³-hybridized carbons (Fsp3) is 0.538. The first-order chi connectivity index (χ1) is 7.79. The van der Waals surface area contributed by atoms with E-state index in [1.54, 1.807) is 7.11 Å². The number of piperidine rings is 1. The molecule has 3 heteroatoms. The Hall–Kier alpha value is -0.930. The van der Waals surface area contributed by atoms with Crippen LogP contribution in [0.1, 0.15) is 12.0 Å². The minimum absolute atomic E-state index is 0.172. The Bertz CT molecular complexity index is 325. The van der Waals surface area contributed by atoms with Crippen LogP contribution in [0.3, 0.4) is 0 Å². The van der Waals surface area contributed by atoms with E-state index in [0.717, 1.165) is 25.9 Å². The van der Waals surface area contributed by atoms with E-state index in [9.17, 15) is 4.39 Å². The van der Waals surface area contributed by atoms with E-state index < -0.39 is 0 Å². The number of benzene rings is 1. The molecule has 2 atom stereocenters. The maximum Gasteiger partial charge on any atom is 0.123 e. The van der Waals surface area contributed by atoms with Crippen molar-refractivity contribution in [3.63, 3.8) is 0 Å². The van der Waals surface area contributed by atoms with E-state index >= 15 is 0 Å². The molecule has 16 heavy (non-hydrogen) atoms. The number of nitrogens with one attached hydrogen (secondary N) is 1. The quantitative estimate of drug-likeness (QED) is 0.846. The maximum atomic E-state index is 12.8. The average Bonchev–Trinajstić information content (AvgIpc) is 2.33. The number of hydrogen-bond donors (Lipinski definition) is 1. The van der Waals surface area contributed by atoms with Gasteiger partial charge in [0.2, 0.25) is 0 Å². The van der Waals surface area contributed by atoms with Crippen molar-refractivity contribution >= 4 is 0 Å². The Kier molecular flexibility index (Phi) is 3.91. The van der Waals surface area contributed by atoms with Gasteiger partial charge in [0.25, 0.3) is 0 Å². The zero-order chi connectivity index (χ0) is 11.4. The molecule has 1 saturated heterocycles.